The number of aromatic nitrogens is 1. The molecule has 31 heavy (non-hydrogen) atoms. The van der Waals surface area contributed by atoms with E-state index >= 15 is 0 Å². The highest BCUT2D eigenvalue weighted by atomic mass is 19.1. The lowest BCUT2D eigenvalue weighted by Crippen LogP contribution is -2.23. The molecule has 1 N–H and O–H groups in total. The summed E-state index contributed by atoms with van der Waals surface area (Å²) in [6, 6.07) is 23.1. The molecule has 0 radical (unpaired) electrons. The van der Waals surface area contributed by atoms with E-state index in [1.54, 1.807) is 0 Å². The van der Waals surface area contributed by atoms with E-state index in [1.807, 2.05) is 48.7 Å². The predicted molar refractivity (Wildman–Crippen MR) is 119 cm³/mol. The van der Waals surface area contributed by atoms with Gasteiger partial charge in [-0.3, -0.25) is 0 Å². The summed E-state index contributed by atoms with van der Waals surface area (Å²) in [6.07, 6.45) is 3.99. The third kappa shape index (κ3) is 4.17. The second-order valence-electron chi connectivity index (χ2n) is 7.96. The number of hydrogen-bond donors (Lipinski definition) is 0. The molecule has 1 aromatic heterocycles. The van der Waals surface area contributed by atoms with Crippen LogP contribution in [0.2, 0.25) is 0 Å². The normalized spacial score (nSPS) is 14.6. The van der Waals surface area contributed by atoms with Crippen LogP contribution in [-0.4, -0.2) is 13.2 Å². The number of rotatable bonds is 5. The van der Waals surface area contributed by atoms with Gasteiger partial charge in [-0.15, -0.1) is 0 Å². The zero-order valence-electron chi connectivity index (χ0n) is 17.3. The molecule has 3 aromatic carbocycles. The molecule has 0 spiro atoms. The lowest BCUT2D eigenvalue weighted by atomic mass is 9.87. The Morgan fingerprint density at radius 2 is 1.65 bits per heavy atom. The van der Waals surface area contributed by atoms with Crippen molar-refractivity contribution >= 4 is 10.8 Å². The van der Waals surface area contributed by atoms with Crippen LogP contribution in [0.3, 0.4) is 0 Å². The van der Waals surface area contributed by atoms with Crippen LogP contribution in [0.25, 0.3) is 21.9 Å². The number of aromatic amines is 1. The Kier molecular flexibility index (Phi) is 5.63. The number of halogens is 1. The molecular formula is C27H25FNO2+. The van der Waals surface area contributed by atoms with Crippen LogP contribution in [0.5, 0.6) is 5.75 Å². The minimum atomic E-state index is -0.229. The van der Waals surface area contributed by atoms with Gasteiger partial charge in [-0.25, -0.2) is 9.37 Å². The SMILES string of the molecule is Fc1ccc(-c2c(C3CCOCC3)[nH+]cc3c(OCc4ccccc4)cccc23)cc1. The van der Waals surface area contributed by atoms with Crippen molar-refractivity contribution in [2.75, 3.05) is 13.2 Å². The van der Waals surface area contributed by atoms with E-state index in [2.05, 4.69) is 23.2 Å². The van der Waals surface area contributed by atoms with Crippen molar-refractivity contribution in [1.82, 2.24) is 0 Å². The number of pyridine rings is 1. The first kappa shape index (κ1) is 19.7. The van der Waals surface area contributed by atoms with E-state index in [9.17, 15) is 4.39 Å². The van der Waals surface area contributed by atoms with Gasteiger partial charge in [-0.05, 0) is 42.2 Å². The standard InChI is InChI=1S/C27H24FNO2/c28-22-11-9-20(10-12-22)26-23-7-4-8-25(31-18-19-5-2-1-3-6-19)24(23)17-29-27(26)21-13-15-30-16-14-21/h1-12,17,21H,13-16,18H2/p+1. The van der Waals surface area contributed by atoms with Gasteiger partial charge in [-0.2, -0.15) is 0 Å². The Hall–Kier alpha value is -3.24. The molecule has 2 heterocycles. The fourth-order valence-electron chi connectivity index (χ4n) is 4.38. The van der Waals surface area contributed by atoms with E-state index in [-0.39, 0.29) is 5.82 Å². The molecule has 1 aliphatic heterocycles. The molecule has 0 bridgehead atoms. The van der Waals surface area contributed by atoms with Gasteiger partial charge in [0.1, 0.15) is 18.2 Å². The molecule has 0 amide bonds. The highest BCUT2D eigenvalue weighted by Gasteiger charge is 2.27. The zero-order chi connectivity index (χ0) is 21.0. The molecule has 0 atom stereocenters. The predicted octanol–water partition coefficient (Wildman–Crippen LogP) is 5.93. The van der Waals surface area contributed by atoms with Crippen molar-refractivity contribution in [2.24, 2.45) is 0 Å². The van der Waals surface area contributed by atoms with Gasteiger partial charge in [0.15, 0.2) is 11.9 Å². The Balaban J connectivity index is 1.61. The molecule has 1 saturated heterocycles. The minimum Gasteiger partial charge on any atom is -0.488 e. The minimum absolute atomic E-state index is 0.229. The van der Waals surface area contributed by atoms with E-state index in [4.69, 9.17) is 9.47 Å². The van der Waals surface area contributed by atoms with Crippen molar-refractivity contribution < 1.29 is 18.8 Å². The van der Waals surface area contributed by atoms with Crippen molar-refractivity contribution in [2.45, 2.75) is 25.4 Å². The van der Waals surface area contributed by atoms with Crippen LogP contribution >= 0.6 is 0 Å². The molecule has 4 heteroatoms. The van der Waals surface area contributed by atoms with Crippen LogP contribution in [0.4, 0.5) is 4.39 Å². The first-order chi connectivity index (χ1) is 15.3. The molecule has 5 rings (SSSR count). The van der Waals surface area contributed by atoms with Crippen LogP contribution in [0.15, 0.2) is 79.0 Å². The molecule has 1 fully saturated rings. The third-order valence-electron chi connectivity index (χ3n) is 5.98. The summed E-state index contributed by atoms with van der Waals surface area (Å²) in [5.74, 6) is 0.985. The largest absolute Gasteiger partial charge is 0.488 e. The molecule has 0 saturated carbocycles. The lowest BCUT2D eigenvalue weighted by molar-refractivity contribution is -0.391. The maximum absolute atomic E-state index is 13.7. The average molecular weight is 415 g/mol. The number of benzene rings is 3. The summed E-state index contributed by atoms with van der Waals surface area (Å²) in [6.45, 7) is 2.03. The van der Waals surface area contributed by atoms with Gasteiger partial charge in [0.25, 0.3) is 0 Å². The average Bonchev–Trinajstić information content (AvgIpc) is 2.84. The van der Waals surface area contributed by atoms with Crippen LogP contribution < -0.4 is 9.72 Å². The first-order valence-electron chi connectivity index (χ1n) is 10.8. The molecule has 0 unspecified atom stereocenters. The van der Waals surface area contributed by atoms with Gasteiger partial charge in [-0.1, -0.05) is 54.6 Å². The fraction of sp³-hybridized carbons (Fsp3) is 0.222. The summed E-state index contributed by atoms with van der Waals surface area (Å²) in [5, 5.41) is 2.13. The summed E-state index contributed by atoms with van der Waals surface area (Å²) in [7, 11) is 0. The van der Waals surface area contributed by atoms with Gasteiger partial charge < -0.3 is 9.47 Å². The Morgan fingerprint density at radius 3 is 2.42 bits per heavy atom. The van der Waals surface area contributed by atoms with E-state index < -0.39 is 0 Å². The maximum atomic E-state index is 13.7. The maximum Gasteiger partial charge on any atom is 0.191 e. The summed E-state index contributed by atoms with van der Waals surface area (Å²) in [4.78, 5) is 3.57. The van der Waals surface area contributed by atoms with Gasteiger partial charge in [0.05, 0.1) is 10.9 Å². The number of nitrogens with one attached hydrogen (secondary N) is 1. The number of fused-ring (bicyclic) bond motifs is 1. The fourth-order valence-corrected chi connectivity index (χ4v) is 4.38. The Labute approximate surface area is 181 Å². The summed E-state index contributed by atoms with van der Waals surface area (Å²) < 4.78 is 25.4. The Morgan fingerprint density at radius 1 is 0.871 bits per heavy atom. The quantitative estimate of drug-likeness (QED) is 0.405. The molecule has 3 nitrogen and oxygen atoms in total. The van der Waals surface area contributed by atoms with E-state index in [0.717, 1.165) is 59.3 Å². The van der Waals surface area contributed by atoms with Gasteiger partial charge in [0, 0.05) is 24.5 Å². The zero-order valence-corrected chi connectivity index (χ0v) is 17.3. The van der Waals surface area contributed by atoms with Gasteiger partial charge >= 0.3 is 0 Å². The topological polar surface area (TPSA) is 32.6 Å². The summed E-state index contributed by atoms with van der Waals surface area (Å²) in [5.41, 5.74) is 4.43. The Bertz CT molecular complexity index is 1170. The van der Waals surface area contributed by atoms with Crippen molar-refractivity contribution in [3.05, 3.63) is 96.1 Å². The molecule has 1 aliphatic rings. The van der Waals surface area contributed by atoms with Crippen LogP contribution in [0, 0.1) is 5.82 Å². The molecule has 0 aliphatic carbocycles. The van der Waals surface area contributed by atoms with E-state index in [0.29, 0.717) is 12.5 Å². The highest BCUT2D eigenvalue weighted by molar-refractivity contribution is 5.99. The number of H-pyrrole nitrogens is 1. The molecule has 4 aromatic rings. The van der Waals surface area contributed by atoms with E-state index in [1.165, 1.54) is 17.8 Å². The second-order valence-corrected chi connectivity index (χ2v) is 7.96. The molecular weight excluding hydrogens is 389 g/mol. The monoisotopic (exact) mass is 414 g/mol. The van der Waals surface area contributed by atoms with Crippen molar-refractivity contribution in [1.29, 1.82) is 0 Å². The smallest absolute Gasteiger partial charge is 0.191 e. The lowest BCUT2D eigenvalue weighted by Gasteiger charge is -2.21. The highest BCUT2D eigenvalue weighted by Crippen LogP contribution is 2.39. The van der Waals surface area contributed by atoms with Crippen molar-refractivity contribution in [3.8, 4) is 16.9 Å². The van der Waals surface area contributed by atoms with Gasteiger partial charge in [0.2, 0.25) is 0 Å². The number of hydrogen-bond acceptors (Lipinski definition) is 2. The van der Waals surface area contributed by atoms with Crippen LogP contribution in [-0.2, 0) is 11.3 Å². The second kappa shape index (κ2) is 8.86. The van der Waals surface area contributed by atoms with Crippen molar-refractivity contribution in [3.63, 3.8) is 0 Å². The first-order valence-corrected chi connectivity index (χ1v) is 10.8. The van der Waals surface area contributed by atoms with Crippen LogP contribution in [0.1, 0.15) is 30.0 Å². The summed E-state index contributed by atoms with van der Waals surface area (Å²) >= 11 is 0. The third-order valence-corrected chi connectivity index (χ3v) is 5.98. The molecule has 156 valence electrons. The number of ether oxygens (including phenoxy) is 2.